The summed E-state index contributed by atoms with van der Waals surface area (Å²) in [4.78, 5) is 15.3. The number of hydrogen-bond donors (Lipinski definition) is 3. The molecule has 0 saturated heterocycles. The van der Waals surface area contributed by atoms with Gasteiger partial charge in [0.2, 0.25) is 0 Å². The maximum absolute atomic E-state index is 11.1. The second-order valence-corrected chi connectivity index (χ2v) is 5.39. The third-order valence-corrected chi connectivity index (χ3v) is 4.26. The molecule has 4 atom stereocenters. The summed E-state index contributed by atoms with van der Waals surface area (Å²) >= 11 is 0. The van der Waals surface area contributed by atoms with Gasteiger partial charge in [-0.1, -0.05) is 32.6 Å². The van der Waals surface area contributed by atoms with E-state index in [0.29, 0.717) is 12.8 Å². The number of carboxylic acid groups (broad SMARTS) is 1. The van der Waals surface area contributed by atoms with Crippen molar-refractivity contribution in [1.82, 2.24) is 0 Å². The van der Waals surface area contributed by atoms with Crippen LogP contribution in [0.15, 0.2) is 4.99 Å². The second kappa shape index (κ2) is 9.22. The minimum Gasteiger partial charge on any atom is -0.674 e. The Balaban J connectivity index is 0.00000361. The molecular weight excluding hydrogens is 471 g/mol. The average Bonchev–Trinajstić information content (AvgIpc) is 2.73. The zero-order valence-electron chi connectivity index (χ0n) is 12.2. The molecule has 20 heavy (non-hydrogen) atoms. The summed E-state index contributed by atoms with van der Waals surface area (Å²) in [6.07, 6.45) is 2.79. The molecule has 0 aromatic rings. The first-order valence-corrected chi connectivity index (χ1v) is 6.93. The summed E-state index contributed by atoms with van der Waals surface area (Å²) in [7, 11) is 0. The number of aliphatic carboxylic acids is 1. The van der Waals surface area contributed by atoms with Gasteiger partial charge in [0.25, 0.3) is 0 Å². The summed E-state index contributed by atoms with van der Waals surface area (Å²) in [6.45, 7) is 4.13. The van der Waals surface area contributed by atoms with E-state index in [1.807, 2.05) is 0 Å². The van der Waals surface area contributed by atoms with Crippen molar-refractivity contribution in [3.8, 4) is 0 Å². The van der Waals surface area contributed by atoms with E-state index in [9.17, 15) is 4.79 Å². The summed E-state index contributed by atoms with van der Waals surface area (Å²) in [5.41, 5.74) is 19.2. The number of guanidine groups is 1. The molecule has 0 amide bonds. The molecule has 1 radical (unpaired) electrons. The van der Waals surface area contributed by atoms with Gasteiger partial charge in [-0.05, 0) is 18.8 Å². The summed E-state index contributed by atoms with van der Waals surface area (Å²) in [6, 6.07) is -0.526. The topological polar surface area (TPSA) is 126 Å². The molecule has 0 aromatic carbocycles. The Bertz CT molecular complexity index is 343. The number of carbonyl (C=O) groups is 1. The SMILES string of the molecule is CCC(CC)C([NH-])C1CC(C(=O)O)CC1N=C(N)N.[Ac]. The van der Waals surface area contributed by atoms with Crippen LogP contribution in [-0.4, -0.2) is 29.1 Å². The van der Waals surface area contributed by atoms with Crippen LogP contribution in [0.3, 0.4) is 0 Å². The van der Waals surface area contributed by atoms with Crippen molar-refractivity contribution in [3.05, 3.63) is 5.73 Å². The van der Waals surface area contributed by atoms with Crippen LogP contribution in [0.2, 0.25) is 0 Å². The molecule has 0 spiro atoms. The standard InChI is InChI=1S/C13H25N4O2.Ac/c1-3-7(4-2)11(14)9-5-8(12(18)19)6-10(9)17-13(15)16;/h7-11,14H,3-6H2,1-2H3,(H,18,19)(H4,15,16,17);/q-1;. The third kappa shape index (κ3) is 5.16. The molecule has 0 bridgehead atoms. The molecule has 1 aliphatic rings. The molecule has 0 aliphatic heterocycles. The van der Waals surface area contributed by atoms with Gasteiger partial charge in [-0.3, -0.25) is 9.79 Å². The zero-order chi connectivity index (χ0) is 14.6. The maximum atomic E-state index is 11.1. The molecular formula is C13H25AcN4O2-. The predicted molar refractivity (Wildman–Crippen MR) is 75.6 cm³/mol. The van der Waals surface area contributed by atoms with Crippen LogP contribution in [0.4, 0.5) is 0 Å². The monoisotopic (exact) mass is 496 g/mol. The maximum Gasteiger partial charge on any atom is 0.306 e. The fraction of sp³-hybridized carbons (Fsp3) is 0.846. The number of nitrogens with two attached hydrogens (primary N) is 2. The van der Waals surface area contributed by atoms with Gasteiger partial charge < -0.3 is 22.3 Å². The number of nitrogens with one attached hydrogen (secondary N) is 1. The van der Waals surface area contributed by atoms with Crippen molar-refractivity contribution in [3.63, 3.8) is 0 Å². The fourth-order valence-electron chi connectivity index (χ4n) is 3.12. The Hall–Kier alpha value is 0.142. The van der Waals surface area contributed by atoms with Crippen molar-refractivity contribution >= 4 is 11.9 Å². The zero-order valence-corrected chi connectivity index (χ0v) is 17.0. The number of aliphatic imine (C=N–C) groups is 1. The average molecular weight is 496 g/mol. The van der Waals surface area contributed by atoms with E-state index >= 15 is 0 Å². The third-order valence-electron chi connectivity index (χ3n) is 4.26. The van der Waals surface area contributed by atoms with Crippen molar-refractivity contribution < 1.29 is 54.0 Å². The normalized spacial score (nSPS) is 26.9. The minimum atomic E-state index is -0.810. The van der Waals surface area contributed by atoms with Gasteiger partial charge in [0, 0.05) is 44.1 Å². The molecule has 6 nitrogen and oxygen atoms in total. The van der Waals surface area contributed by atoms with Gasteiger partial charge in [-0.25, -0.2) is 0 Å². The van der Waals surface area contributed by atoms with Crippen LogP contribution < -0.4 is 11.5 Å². The number of carboxylic acids is 1. The first-order chi connectivity index (χ1) is 8.90. The van der Waals surface area contributed by atoms with Crippen molar-refractivity contribution in [2.24, 2.45) is 34.2 Å². The van der Waals surface area contributed by atoms with Crippen molar-refractivity contribution in [2.45, 2.75) is 51.6 Å². The molecule has 1 saturated carbocycles. The van der Waals surface area contributed by atoms with Crippen LogP contribution in [0.25, 0.3) is 5.73 Å². The molecule has 0 heterocycles. The van der Waals surface area contributed by atoms with Crippen LogP contribution in [-0.2, 0) is 4.79 Å². The van der Waals surface area contributed by atoms with Crippen LogP contribution >= 0.6 is 0 Å². The van der Waals surface area contributed by atoms with Crippen LogP contribution in [0, 0.1) is 61.8 Å². The first kappa shape index (κ1) is 20.1. The van der Waals surface area contributed by atoms with Crippen LogP contribution in [0.5, 0.6) is 0 Å². The quantitative estimate of drug-likeness (QED) is 0.382. The second-order valence-electron chi connectivity index (χ2n) is 5.39. The van der Waals surface area contributed by atoms with E-state index < -0.39 is 11.9 Å². The van der Waals surface area contributed by atoms with E-state index in [2.05, 4.69) is 18.8 Å². The fourth-order valence-corrected chi connectivity index (χ4v) is 3.12. The van der Waals surface area contributed by atoms with E-state index in [-0.39, 0.29) is 73.9 Å². The van der Waals surface area contributed by atoms with E-state index in [4.69, 9.17) is 22.3 Å². The molecule has 113 valence electrons. The van der Waals surface area contributed by atoms with Gasteiger partial charge in [-0.2, -0.15) is 0 Å². The summed E-state index contributed by atoms with van der Waals surface area (Å²) in [5, 5.41) is 9.15. The number of rotatable bonds is 6. The van der Waals surface area contributed by atoms with Crippen molar-refractivity contribution in [2.75, 3.05) is 0 Å². The Morgan fingerprint density at radius 1 is 1.35 bits per heavy atom. The van der Waals surface area contributed by atoms with Gasteiger partial charge in [0.15, 0.2) is 5.96 Å². The van der Waals surface area contributed by atoms with Crippen molar-refractivity contribution in [1.29, 1.82) is 0 Å². The van der Waals surface area contributed by atoms with Gasteiger partial charge in [-0.15, -0.1) is 6.04 Å². The Morgan fingerprint density at radius 2 is 1.90 bits per heavy atom. The molecule has 4 unspecified atom stereocenters. The number of nitrogens with zero attached hydrogens (tertiary/aromatic N) is 1. The van der Waals surface area contributed by atoms with E-state index in [1.54, 1.807) is 0 Å². The predicted octanol–water partition coefficient (Wildman–Crippen LogP) is 1.60. The van der Waals surface area contributed by atoms with Gasteiger partial charge in [0.05, 0.1) is 12.0 Å². The van der Waals surface area contributed by atoms with E-state index in [1.165, 1.54) is 0 Å². The minimum absolute atomic E-state index is 0. The smallest absolute Gasteiger partial charge is 0.306 e. The molecule has 1 fully saturated rings. The molecule has 1 aliphatic carbocycles. The van der Waals surface area contributed by atoms with E-state index in [0.717, 1.165) is 12.8 Å². The molecule has 7 heteroatoms. The largest absolute Gasteiger partial charge is 0.674 e. The Morgan fingerprint density at radius 3 is 2.30 bits per heavy atom. The van der Waals surface area contributed by atoms with Gasteiger partial charge >= 0.3 is 5.97 Å². The van der Waals surface area contributed by atoms with Crippen LogP contribution in [0.1, 0.15) is 39.5 Å². The van der Waals surface area contributed by atoms with Gasteiger partial charge in [0.1, 0.15) is 0 Å². The molecule has 1 rings (SSSR count). The Labute approximate surface area is 156 Å². The Kier molecular flexibility index (Phi) is 9.28. The number of hydrogen-bond acceptors (Lipinski definition) is 2. The summed E-state index contributed by atoms with van der Waals surface area (Å²) in [5.74, 6) is -1.05. The first-order valence-electron chi connectivity index (χ1n) is 6.93. The summed E-state index contributed by atoms with van der Waals surface area (Å²) < 4.78 is 0. The molecule has 6 N–H and O–H groups in total. The molecule has 0 aromatic heterocycles.